The highest BCUT2D eigenvalue weighted by molar-refractivity contribution is 6.32. The number of nitrogens with zero attached hydrogens (tertiary/aromatic N) is 3. The molecule has 0 amide bonds. The number of rotatable bonds is 4. The number of allylic oxidation sites excluding steroid dienone is 1. The molecule has 3 N–H and O–H groups in total. The number of hydrogen-bond donors (Lipinski definition) is 2. The van der Waals surface area contributed by atoms with E-state index in [-0.39, 0.29) is 16.7 Å². The van der Waals surface area contributed by atoms with Gasteiger partial charge in [0.1, 0.15) is 12.0 Å². The van der Waals surface area contributed by atoms with Gasteiger partial charge in [-0.1, -0.05) is 12.1 Å². The summed E-state index contributed by atoms with van der Waals surface area (Å²) < 4.78 is 27.8. The molecule has 4 aromatic rings. The minimum Gasteiger partial charge on any atom is -0.404 e. The smallest absolute Gasteiger partial charge is 0.197 e. The van der Waals surface area contributed by atoms with Crippen LogP contribution < -0.4 is 5.73 Å². The quantitative estimate of drug-likeness (QED) is 0.419. The standard InChI is InChI=1S/C20H13F2N5O/c21-17-3-1-2-13(18(17)22)15(5-23)19(28)16-9-27-20-14(16)4-11(8-26-20)12-6-24-10-25-7-12/h1-10H,23H2,(H,26,27). The lowest BCUT2D eigenvalue weighted by molar-refractivity contribution is 0.105. The number of aromatic nitrogens is 4. The maximum Gasteiger partial charge on any atom is 0.197 e. The molecule has 0 spiro atoms. The number of ketones is 1. The van der Waals surface area contributed by atoms with Crippen molar-refractivity contribution in [1.29, 1.82) is 0 Å². The van der Waals surface area contributed by atoms with Gasteiger partial charge in [-0.3, -0.25) is 4.79 Å². The van der Waals surface area contributed by atoms with Gasteiger partial charge in [0.05, 0.1) is 0 Å². The van der Waals surface area contributed by atoms with E-state index in [9.17, 15) is 13.6 Å². The average molecular weight is 377 g/mol. The first-order valence-electron chi connectivity index (χ1n) is 8.23. The number of aromatic amines is 1. The molecule has 6 nitrogen and oxygen atoms in total. The van der Waals surface area contributed by atoms with Gasteiger partial charge in [0.2, 0.25) is 0 Å². The highest BCUT2D eigenvalue weighted by atomic mass is 19.2. The number of nitrogens with two attached hydrogens (primary N) is 1. The second-order valence-electron chi connectivity index (χ2n) is 5.96. The van der Waals surface area contributed by atoms with Crippen molar-refractivity contribution in [3.8, 4) is 11.1 Å². The molecule has 0 saturated heterocycles. The van der Waals surface area contributed by atoms with Crippen molar-refractivity contribution in [3.05, 3.63) is 84.3 Å². The van der Waals surface area contributed by atoms with E-state index in [0.29, 0.717) is 16.6 Å². The van der Waals surface area contributed by atoms with Gasteiger partial charge < -0.3 is 10.7 Å². The summed E-state index contributed by atoms with van der Waals surface area (Å²) in [6.07, 6.45) is 8.71. The Kier molecular flexibility index (Phi) is 4.36. The molecular weight excluding hydrogens is 364 g/mol. The summed E-state index contributed by atoms with van der Waals surface area (Å²) in [6, 6.07) is 5.34. The molecule has 0 saturated carbocycles. The van der Waals surface area contributed by atoms with E-state index in [1.165, 1.54) is 24.7 Å². The Hall–Kier alpha value is -3.94. The molecule has 8 heteroatoms. The van der Waals surface area contributed by atoms with Crippen LogP contribution in [0.2, 0.25) is 0 Å². The highest BCUT2D eigenvalue weighted by Crippen LogP contribution is 2.29. The van der Waals surface area contributed by atoms with Crippen LogP contribution in [0.1, 0.15) is 15.9 Å². The van der Waals surface area contributed by atoms with Crippen LogP contribution >= 0.6 is 0 Å². The Labute approximate surface area is 157 Å². The first-order valence-corrected chi connectivity index (χ1v) is 8.23. The Morgan fingerprint density at radius 3 is 2.61 bits per heavy atom. The Balaban J connectivity index is 1.82. The van der Waals surface area contributed by atoms with Crippen LogP contribution in [0.4, 0.5) is 8.78 Å². The van der Waals surface area contributed by atoms with E-state index >= 15 is 0 Å². The molecule has 0 aliphatic carbocycles. The average Bonchev–Trinajstić information content (AvgIpc) is 3.15. The number of pyridine rings is 1. The lowest BCUT2D eigenvalue weighted by Gasteiger charge is -2.08. The zero-order valence-electron chi connectivity index (χ0n) is 14.4. The Morgan fingerprint density at radius 2 is 1.86 bits per heavy atom. The molecule has 0 bridgehead atoms. The van der Waals surface area contributed by atoms with Gasteiger partial charge in [-0.2, -0.15) is 0 Å². The van der Waals surface area contributed by atoms with E-state index in [4.69, 9.17) is 5.73 Å². The fraction of sp³-hybridized carbons (Fsp3) is 0. The molecule has 0 radical (unpaired) electrons. The van der Waals surface area contributed by atoms with Gasteiger partial charge in [-0.25, -0.2) is 23.7 Å². The fourth-order valence-electron chi connectivity index (χ4n) is 2.94. The topological polar surface area (TPSA) is 97.6 Å². The van der Waals surface area contributed by atoms with Crippen molar-refractivity contribution in [2.75, 3.05) is 0 Å². The Bertz CT molecular complexity index is 1220. The van der Waals surface area contributed by atoms with Crippen molar-refractivity contribution in [3.63, 3.8) is 0 Å². The molecule has 0 unspecified atom stereocenters. The van der Waals surface area contributed by atoms with E-state index in [1.807, 2.05) is 0 Å². The highest BCUT2D eigenvalue weighted by Gasteiger charge is 2.22. The summed E-state index contributed by atoms with van der Waals surface area (Å²) in [5.41, 5.74) is 7.37. The van der Waals surface area contributed by atoms with Crippen LogP contribution in [0.15, 0.2) is 61.6 Å². The lowest BCUT2D eigenvalue weighted by atomic mass is 9.96. The van der Waals surface area contributed by atoms with Crippen LogP contribution in [-0.2, 0) is 0 Å². The van der Waals surface area contributed by atoms with Crippen molar-refractivity contribution in [2.24, 2.45) is 5.73 Å². The number of carbonyl (C=O) groups excluding carboxylic acids is 1. The summed E-state index contributed by atoms with van der Waals surface area (Å²) in [7, 11) is 0. The predicted molar refractivity (Wildman–Crippen MR) is 100.0 cm³/mol. The fourth-order valence-corrected chi connectivity index (χ4v) is 2.94. The van der Waals surface area contributed by atoms with Crippen molar-refractivity contribution >= 4 is 22.4 Å². The molecule has 3 aromatic heterocycles. The predicted octanol–water partition coefficient (Wildman–Crippen LogP) is 3.48. The van der Waals surface area contributed by atoms with Crippen molar-refractivity contribution < 1.29 is 13.6 Å². The third-order valence-electron chi connectivity index (χ3n) is 4.32. The van der Waals surface area contributed by atoms with Gasteiger partial charge in [-0.15, -0.1) is 0 Å². The number of fused-ring (bicyclic) bond motifs is 1. The lowest BCUT2D eigenvalue weighted by Crippen LogP contribution is -2.07. The third-order valence-corrected chi connectivity index (χ3v) is 4.32. The van der Waals surface area contributed by atoms with Gasteiger partial charge in [0, 0.05) is 64.2 Å². The molecule has 1 aromatic carbocycles. The van der Waals surface area contributed by atoms with Gasteiger partial charge in [0.15, 0.2) is 17.4 Å². The molecule has 3 heterocycles. The molecule has 0 atom stereocenters. The second kappa shape index (κ2) is 6.99. The van der Waals surface area contributed by atoms with Crippen molar-refractivity contribution in [2.45, 2.75) is 0 Å². The minimum atomic E-state index is -1.13. The zero-order chi connectivity index (χ0) is 19.7. The summed E-state index contributed by atoms with van der Waals surface area (Å²) in [5, 5.41) is 0.516. The number of carbonyl (C=O) groups is 1. The second-order valence-corrected chi connectivity index (χ2v) is 5.96. The minimum absolute atomic E-state index is 0.147. The molecule has 28 heavy (non-hydrogen) atoms. The summed E-state index contributed by atoms with van der Waals surface area (Å²) >= 11 is 0. The maximum absolute atomic E-state index is 14.2. The molecule has 0 aliphatic heterocycles. The van der Waals surface area contributed by atoms with Crippen molar-refractivity contribution in [1.82, 2.24) is 19.9 Å². The summed E-state index contributed by atoms with van der Waals surface area (Å²) in [6.45, 7) is 0. The van der Waals surface area contributed by atoms with Crippen LogP contribution in [-0.4, -0.2) is 25.7 Å². The first-order chi connectivity index (χ1) is 13.6. The van der Waals surface area contributed by atoms with E-state index < -0.39 is 17.4 Å². The van der Waals surface area contributed by atoms with Crippen LogP contribution in [0.25, 0.3) is 27.7 Å². The normalized spacial score (nSPS) is 11.7. The van der Waals surface area contributed by atoms with Crippen LogP contribution in [0, 0.1) is 11.6 Å². The van der Waals surface area contributed by atoms with Gasteiger partial charge in [0.25, 0.3) is 0 Å². The summed E-state index contributed by atoms with van der Waals surface area (Å²) in [5.74, 6) is -2.74. The van der Waals surface area contributed by atoms with Gasteiger partial charge in [-0.05, 0) is 12.1 Å². The monoisotopic (exact) mass is 377 g/mol. The molecule has 138 valence electrons. The third kappa shape index (κ3) is 2.90. The molecular formula is C20H13F2N5O. The number of halogens is 2. The SMILES string of the molecule is NC=C(C(=O)c1c[nH]c2ncc(-c3cncnc3)cc12)c1cccc(F)c1F. The largest absolute Gasteiger partial charge is 0.404 e. The Morgan fingerprint density at radius 1 is 1.07 bits per heavy atom. The maximum atomic E-state index is 14.2. The van der Waals surface area contributed by atoms with Crippen LogP contribution in [0.5, 0.6) is 0 Å². The number of hydrogen-bond acceptors (Lipinski definition) is 5. The van der Waals surface area contributed by atoms with E-state index in [0.717, 1.165) is 17.8 Å². The molecule has 0 aliphatic rings. The van der Waals surface area contributed by atoms with E-state index in [2.05, 4.69) is 19.9 Å². The van der Waals surface area contributed by atoms with Crippen LogP contribution in [0.3, 0.4) is 0 Å². The first kappa shape index (κ1) is 17.5. The zero-order valence-corrected chi connectivity index (χ0v) is 14.4. The van der Waals surface area contributed by atoms with E-state index in [1.54, 1.807) is 24.7 Å². The molecule has 0 fully saturated rings. The number of benzene rings is 1. The summed E-state index contributed by atoms with van der Waals surface area (Å²) in [4.78, 5) is 28.2. The van der Waals surface area contributed by atoms with Gasteiger partial charge >= 0.3 is 0 Å². The number of Topliss-reactive ketones (excluding diaryl/α,β-unsaturated/α-hetero) is 1. The molecule has 4 rings (SSSR count). The number of nitrogens with one attached hydrogen (secondary N) is 1. The number of H-pyrrole nitrogens is 1.